The van der Waals surface area contributed by atoms with Gasteiger partial charge < -0.3 is 10.1 Å². The van der Waals surface area contributed by atoms with Crippen molar-refractivity contribution in [1.29, 1.82) is 0 Å². The number of fused-ring (bicyclic) bond motifs is 1. The summed E-state index contributed by atoms with van der Waals surface area (Å²) in [6.07, 6.45) is 3.74. The van der Waals surface area contributed by atoms with E-state index in [1.165, 1.54) is 13.0 Å². The minimum absolute atomic E-state index is 0.384. The fraction of sp³-hybridized carbons (Fsp3) is 0.0952. The molecule has 3 aromatic rings. The number of anilines is 1. The lowest BCUT2D eigenvalue weighted by molar-refractivity contribution is -0.148. The lowest BCUT2D eigenvalue weighted by atomic mass is 10.1. The number of hydrogen-bond acceptors (Lipinski definition) is 4. The van der Waals surface area contributed by atoms with Gasteiger partial charge in [-0.25, -0.2) is 4.79 Å². The van der Waals surface area contributed by atoms with Crippen molar-refractivity contribution in [3.63, 3.8) is 0 Å². The van der Waals surface area contributed by atoms with Crippen LogP contribution in [-0.2, 0) is 14.3 Å². The minimum Gasteiger partial charge on any atom is -0.449 e. The molecule has 1 heterocycles. The summed E-state index contributed by atoms with van der Waals surface area (Å²) in [5.74, 6) is -0.974. The molecule has 0 fully saturated rings. The van der Waals surface area contributed by atoms with E-state index >= 15 is 0 Å². The number of para-hydroxylation sites is 2. The molecule has 3 rings (SSSR count). The maximum Gasteiger partial charge on any atom is 0.331 e. The van der Waals surface area contributed by atoms with Gasteiger partial charge in [0.2, 0.25) is 0 Å². The second kappa shape index (κ2) is 8.07. The zero-order valence-corrected chi connectivity index (χ0v) is 14.3. The number of esters is 1. The first kappa shape index (κ1) is 17.4. The molecule has 1 atom stereocenters. The summed E-state index contributed by atoms with van der Waals surface area (Å²) in [7, 11) is 0. The van der Waals surface area contributed by atoms with Crippen molar-refractivity contribution in [2.24, 2.45) is 0 Å². The third kappa shape index (κ3) is 4.33. The van der Waals surface area contributed by atoms with E-state index < -0.39 is 12.1 Å². The SMILES string of the molecule is C[C@H](OC(=O)/C=C\c1cccc2cccnc12)C(=O)Nc1ccccc1. The number of amides is 1. The molecule has 26 heavy (non-hydrogen) atoms. The van der Waals surface area contributed by atoms with Crippen molar-refractivity contribution in [1.82, 2.24) is 4.98 Å². The number of aromatic nitrogens is 1. The molecule has 0 saturated heterocycles. The molecule has 5 heteroatoms. The number of carbonyl (C=O) groups excluding carboxylic acids is 2. The van der Waals surface area contributed by atoms with Crippen LogP contribution in [-0.4, -0.2) is 23.0 Å². The topological polar surface area (TPSA) is 68.3 Å². The van der Waals surface area contributed by atoms with Crippen molar-refractivity contribution in [3.8, 4) is 0 Å². The van der Waals surface area contributed by atoms with Crippen LogP contribution in [0.5, 0.6) is 0 Å². The van der Waals surface area contributed by atoms with Crippen molar-refractivity contribution in [2.75, 3.05) is 5.32 Å². The maximum absolute atomic E-state index is 12.1. The molecule has 0 spiro atoms. The Morgan fingerprint density at radius 1 is 1.04 bits per heavy atom. The van der Waals surface area contributed by atoms with Gasteiger partial charge in [0, 0.05) is 28.9 Å². The Kier molecular flexibility index (Phi) is 5.39. The van der Waals surface area contributed by atoms with E-state index in [9.17, 15) is 9.59 Å². The smallest absolute Gasteiger partial charge is 0.331 e. The first-order chi connectivity index (χ1) is 12.6. The maximum atomic E-state index is 12.1. The van der Waals surface area contributed by atoms with Crippen LogP contribution in [0.2, 0.25) is 0 Å². The van der Waals surface area contributed by atoms with E-state index in [1.54, 1.807) is 24.4 Å². The van der Waals surface area contributed by atoms with E-state index in [0.717, 1.165) is 16.5 Å². The van der Waals surface area contributed by atoms with Crippen LogP contribution in [0.3, 0.4) is 0 Å². The number of carbonyl (C=O) groups is 2. The van der Waals surface area contributed by atoms with Gasteiger partial charge >= 0.3 is 5.97 Å². The van der Waals surface area contributed by atoms with E-state index in [2.05, 4.69) is 10.3 Å². The van der Waals surface area contributed by atoms with Gasteiger partial charge in [-0.1, -0.05) is 42.5 Å². The Morgan fingerprint density at radius 3 is 2.62 bits per heavy atom. The number of ether oxygens (including phenoxy) is 1. The summed E-state index contributed by atoms with van der Waals surface area (Å²) in [5.41, 5.74) is 2.26. The molecule has 5 nitrogen and oxygen atoms in total. The molecule has 1 amide bonds. The van der Waals surface area contributed by atoms with Crippen molar-refractivity contribution in [2.45, 2.75) is 13.0 Å². The van der Waals surface area contributed by atoms with Gasteiger partial charge in [0.1, 0.15) is 0 Å². The summed E-state index contributed by atoms with van der Waals surface area (Å²) in [4.78, 5) is 28.4. The molecule has 1 aromatic heterocycles. The molecule has 0 unspecified atom stereocenters. The molecule has 0 bridgehead atoms. The Labute approximate surface area is 151 Å². The number of nitrogens with zero attached hydrogens (tertiary/aromatic N) is 1. The summed E-state index contributed by atoms with van der Waals surface area (Å²) >= 11 is 0. The van der Waals surface area contributed by atoms with Gasteiger partial charge in [0.15, 0.2) is 6.10 Å². The monoisotopic (exact) mass is 346 g/mol. The molecule has 2 aromatic carbocycles. The van der Waals surface area contributed by atoms with Crippen LogP contribution in [0.4, 0.5) is 5.69 Å². The van der Waals surface area contributed by atoms with Crippen LogP contribution in [0, 0.1) is 0 Å². The highest BCUT2D eigenvalue weighted by atomic mass is 16.5. The zero-order valence-electron chi connectivity index (χ0n) is 14.3. The summed E-state index contributed by atoms with van der Waals surface area (Å²) in [6, 6.07) is 18.5. The van der Waals surface area contributed by atoms with E-state index in [4.69, 9.17) is 4.74 Å². The second-order valence-corrected chi connectivity index (χ2v) is 5.69. The highest BCUT2D eigenvalue weighted by Crippen LogP contribution is 2.17. The number of rotatable bonds is 5. The van der Waals surface area contributed by atoms with Gasteiger partial charge in [-0.15, -0.1) is 0 Å². The normalized spacial score (nSPS) is 12.0. The fourth-order valence-electron chi connectivity index (χ4n) is 2.45. The Morgan fingerprint density at radius 2 is 1.81 bits per heavy atom. The van der Waals surface area contributed by atoms with Gasteiger partial charge in [-0.2, -0.15) is 0 Å². The molecule has 0 saturated carbocycles. The lowest BCUT2D eigenvalue weighted by Crippen LogP contribution is -2.29. The summed E-state index contributed by atoms with van der Waals surface area (Å²) < 4.78 is 5.16. The first-order valence-corrected chi connectivity index (χ1v) is 8.22. The number of pyridine rings is 1. The van der Waals surface area contributed by atoms with Crippen LogP contribution in [0.15, 0.2) is 72.9 Å². The van der Waals surface area contributed by atoms with E-state index in [0.29, 0.717) is 5.69 Å². The fourth-order valence-corrected chi connectivity index (χ4v) is 2.45. The Balaban J connectivity index is 1.62. The highest BCUT2D eigenvalue weighted by Gasteiger charge is 2.16. The van der Waals surface area contributed by atoms with Crippen molar-refractivity contribution in [3.05, 3.63) is 78.5 Å². The molecular weight excluding hydrogens is 328 g/mol. The van der Waals surface area contributed by atoms with Gasteiger partial charge in [-0.3, -0.25) is 9.78 Å². The number of hydrogen-bond donors (Lipinski definition) is 1. The molecule has 1 N–H and O–H groups in total. The minimum atomic E-state index is -0.905. The molecule has 0 aliphatic heterocycles. The Bertz CT molecular complexity index is 946. The predicted octanol–water partition coefficient (Wildman–Crippen LogP) is 3.82. The summed E-state index contributed by atoms with van der Waals surface area (Å²) in [6.45, 7) is 1.53. The summed E-state index contributed by atoms with van der Waals surface area (Å²) in [5, 5.41) is 3.68. The predicted molar refractivity (Wildman–Crippen MR) is 101 cm³/mol. The highest BCUT2D eigenvalue weighted by molar-refractivity contribution is 5.97. The van der Waals surface area contributed by atoms with Crippen LogP contribution in [0.1, 0.15) is 12.5 Å². The standard InChI is InChI=1S/C21H18N2O3/c1-15(21(25)23-18-10-3-2-4-11-18)26-19(24)13-12-17-8-5-7-16-9-6-14-22-20(16)17/h2-15H,1H3,(H,23,25)/b13-12-/t15-/m0/s1. The molecule has 0 aliphatic carbocycles. The van der Waals surface area contributed by atoms with Gasteiger partial charge in [0.05, 0.1) is 5.52 Å². The zero-order chi connectivity index (χ0) is 18.4. The van der Waals surface area contributed by atoms with Crippen LogP contribution in [0.25, 0.3) is 17.0 Å². The van der Waals surface area contributed by atoms with Crippen molar-refractivity contribution >= 4 is 34.5 Å². The quantitative estimate of drug-likeness (QED) is 0.563. The van der Waals surface area contributed by atoms with Crippen LogP contribution >= 0.6 is 0 Å². The average molecular weight is 346 g/mol. The van der Waals surface area contributed by atoms with Gasteiger partial charge in [0.25, 0.3) is 5.91 Å². The van der Waals surface area contributed by atoms with E-state index in [-0.39, 0.29) is 5.91 Å². The first-order valence-electron chi connectivity index (χ1n) is 8.22. The molecule has 130 valence electrons. The third-order valence-electron chi connectivity index (χ3n) is 3.77. The lowest BCUT2D eigenvalue weighted by Gasteiger charge is -2.12. The average Bonchev–Trinajstić information content (AvgIpc) is 2.67. The van der Waals surface area contributed by atoms with Gasteiger partial charge in [-0.05, 0) is 31.2 Å². The van der Waals surface area contributed by atoms with Crippen LogP contribution < -0.4 is 5.32 Å². The number of nitrogens with one attached hydrogen (secondary N) is 1. The molecule has 0 radical (unpaired) electrons. The second-order valence-electron chi connectivity index (χ2n) is 5.69. The third-order valence-corrected chi connectivity index (χ3v) is 3.77. The van der Waals surface area contributed by atoms with Crippen molar-refractivity contribution < 1.29 is 14.3 Å². The number of benzene rings is 2. The molecule has 0 aliphatic rings. The van der Waals surface area contributed by atoms with E-state index in [1.807, 2.05) is 48.5 Å². The largest absolute Gasteiger partial charge is 0.449 e. The Hall–Kier alpha value is -3.47. The molecular formula is C21H18N2O3.